The second kappa shape index (κ2) is 19.6. The molecule has 3 aliphatic rings. The van der Waals surface area contributed by atoms with E-state index in [1.165, 1.54) is 0 Å². The summed E-state index contributed by atoms with van der Waals surface area (Å²) in [4.78, 5) is 50.4. The Morgan fingerprint density at radius 3 is 1.05 bits per heavy atom. The van der Waals surface area contributed by atoms with Crippen molar-refractivity contribution in [1.82, 2.24) is 14.7 Å². The summed E-state index contributed by atoms with van der Waals surface area (Å²) in [6.45, 7) is 36.7. The summed E-state index contributed by atoms with van der Waals surface area (Å²) in [7, 11) is 0. The normalized spacial score (nSPS) is 28.2. The minimum atomic E-state index is -1.38. The fourth-order valence-corrected chi connectivity index (χ4v) is 10.9. The molecule has 0 saturated carbocycles. The number of ether oxygens (including phenoxy) is 3. The third-order valence-corrected chi connectivity index (χ3v) is 13.8. The van der Waals surface area contributed by atoms with Crippen LogP contribution in [0.3, 0.4) is 0 Å². The highest BCUT2D eigenvalue weighted by molar-refractivity contribution is 5.98. The third-order valence-electron chi connectivity index (χ3n) is 13.8. The van der Waals surface area contributed by atoms with Gasteiger partial charge in [0.1, 0.15) is 18.3 Å². The number of rotatable bonds is 16. The fraction of sp³-hybridized carbons (Fsp3) is 0.936. The molecule has 0 bridgehead atoms. The lowest BCUT2D eigenvalue weighted by Crippen LogP contribution is -2.55. The van der Waals surface area contributed by atoms with E-state index in [0.717, 1.165) is 83.8 Å². The molecule has 0 aromatic carbocycles. The molecule has 3 unspecified atom stereocenters. The summed E-state index contributed by atoms with van der Waals surface area (Å²) in [5.41, 5.74) is -0.810. The molecule has 3 heterocycles. The highest BCUT2D eigenvalue weighted by Gasteiger charge is 2.47. The molecule has 0 aromatic rings. The van der Waals surface area contributed by atoms with Crippen molar-refractivity contribution in [2.75, 3.05) is 19.6 Å². The molecule has 0 radical (unpaired) electrons. The molecule has 3 saturated heterocycles. The second-order valence-electron chi connectivity index (χ2n) is 21.6. The Bertz CT molecular complexity index is 1220. The summed E-state index contributed by atoms with van der Waals surface area (Å²) in [6.07, 6.45) is 11.9. The van der Waals surface area contributed by atoms with Crippen molar-refractivity contribution in [2.45, 2.75) is 258 Å². The van der Waals surface area contributed by atoms with E-state index in [-0.39, 0.29) is 58.0 Å². The summed E-state index contributed by atoms with van der Waals surface area (Å²) in [5.74, 6) is -3.26. The van der Waals surface area contributed by atoms with Crippen LogP contribution in [0.15, 0.2) is 0 Å². The topological polar surface area (TPSA) is 88.6 Å². The minimum absolute atomic E-state index is 0.0453. The Hall–Kier alpha value is -1.71. The van der Waals surface area contributed by atoms with Crippen molar-refractivity contribution in [2.24, 2.45) is 5.92 Å². The van der Waals surface area contributed by atoms with Crippen molar-refractivity contribution in [3.63, 3.8) is 0 Å². The number of likely N-dealkylation sites (tertiary alicyclic amines) is 3. The Kier molecular flexibility index (Phi) is 17.0. The van der Waals surface area contributed by atoms with Gasteiger partial charge in [-0.1, -0.05) is 40.0 Å². The van der Waals surface area contributed by atoms with E-state index in [0.29, 0.717) is 32.1 Å². The highest BCUT2D eigenvalue weighted by Crippen LogP contribution is 2.41. The number of esters is 3. The monoisotopic (exact) mass is 790 g/mol. The third kappa shape index (κ3) is 12.9. The van der Waals surface area contributed by atoms with E-state index in [4.69, 9.17) is 14.2 Å². The van der Waals surface area contributed by atoms with Gasteiger partial charge in [0.25, 0.3) is 0 Å². The van der Waals surface area contributed by atoms with Crippen molar-refractivity contribution >= 4 is 17.9 Å². The lowest BCUT2D eigenvalue weighted by molar-refractivity contribution is -0.174. The maximum absolute atomic E-state index is 14.4. The van der Waals surface area contributed by atoms with E-state index in [9.17, 15) is 14.4 Å². The number of hydrogen-bond donors (Lipinski definition) is 0. The highest BCUT2D eigenvalue weighted by atomic mass is 16.6. The zero-order valence-electron chi connectivity index (χ0n) is 39.0. The molecule has 56 heavy (non-hydrogen) atoms. The fourth-order valence-electron chi connectivity index (χ4n) is 10.9. The number of carbonyl (C=O) groups excluding carboxylic acids is 3. The SMILES string of the molecule is CCCCN1C(C)(C)CCC(OC(=O)CC(C(=O)OC2CCC(C)(C)N(CCCC)C(C)(C)C2)C(=O)OC2CCC(C)(C)N(CCCC)C(C)(C)C2)CC1(C)C. The molecule has 0 aliphatic carbocycles. The van der Waals surface area contributed by atoms with Crippen LogP contribution in [0.2, 0.25) is 0 Å². The largest absolute Gasteiger partial charge is 0.462 e. The van der Waals surface area contributed by atoms with Crippen molar-refractivity contribution in [1.29, 1.82) is 0 Å². The van der Waals surface area contributed by atoms with Gasteiger partial charge in [0, 0.05) is 52.5 Å². The van der Waals surface area contributed by atoms with Crippen LogP contribution in [-0.4, -0.2) is 104 Å². The predicted molar refractivity (Wildman–Crippen MR) is 229 cm³/mol. The van der Waals surface area contributed by atoms with Gasteiger partial charge in [0.05, 0.1) is 6.42 Å². The number of nitrogens with zero attached hydrogens (tertiary/aromatic N) is 3. The smallest absolute Gasteiger partial charge is 0.321 e. The molecule has 3 fully saturated rings. The second-order valence-corrected chi connectivity index (χ2v) is 21.6. The van der Waals surface area contributed by atoms with E-state index >= 15 is 0 Å². The van der Waals surface area contributed by atoms with Gasteiger partial charge in [-0.15, -0.1) is 0 Å². The van der Waals surface area contributed by atoms with Crippen molar-refractivity contribution in [3.05, 3.63) is 0 Å². The average Bonchev–Trinajstić information content (AvgIpc) is 3.25. The van der Waals surface area contributed by atoms with E-state index in [1.807, 2.05) is 0 Å². The lowest BCUT2D eigenvalue weighted by atomic mass is 9.91. The van der Waals surface area contributed by atoms with E-state index < -0.39 is 23.8 Å². The van der Waals surface area contributed by atoms with E-state index in [2.05, 4.69) is 119 Å². The minimum Gasteiger partial charge on any atom is -0.462 e. The first-order valence-corrected chi connectivity index (χ1v) is 22.8. The Balaban J connectivity index is 1.87. The van der Waals surface area contributed by atoms with Crippen LogP contribution in [0.4, 0.5) is 0 Å². The van der Waals surface area contributed by atoms with Gasteiger partial charge in [-0.05, 0) is 161 Å². The van der Waals surface area contributed by atoms with Crippen molar-refractivity contribution < 1.29 is 28.6 Å². The van der Waals surface area contributed by atoms with Crippen LogP contribution in [-0.2, 0) is 28.6 Å². The molecule has 9 heteroatoms. The molecular formula is C47H87N3O6. The molecule has 0 amide bonds. The van der Waals surface area contributed by atoms with Gasteiger partial charge < -0.3 is 14.2 Å². The number of hydrogen-bond acceptors (Lipinski definition) is 9. The molecule has 326 valence electrons. The number of carbonyl (C=O) groups is 3. The first kappa shape index (κ1) is 48.7. The first-order valence-electron chi connectivity index (χ1n) is 22.8. The first-order chi connectivity index (χ1) is 25.8. The van der Waals surface area contributed by atoms with Crippen LogP contribution in [0.5, 0.6) is 0 Å². The summed E-state index contributed by atoms with van der Waals surface area (Å²) >= 11 is 0. The zero-order chi connectivity index (χ0) is 42.3. The Morgan fingerprint density at radius 1 is 0.482 bits per heavy atom. The van der Waals surface area contributed by atoms with Gasteiger partial charge in [0.2, 0.25) is 0 Å². The summed E-state index contributed by atoms with van der Waals surface area (Å²) in [5, 5.41) is 0. The quantitative estimate of drug-likeness (QED) is 0.0861. The predicted octanol–water partition coefficient (Wildman–Crippen LogP) is 10.3. The molecular weight excluding hydrogens is 703 g/mol. The molecule has 3 rings (SSSR count). The molecule has 9 nitrogen and oxygen atoms in total. The van der Waals surface area contributed by atoms with Crippen LogP contribution >= 0.6 is 0 Å². The lowest BCUT2D eigenvalue weighted by Gasteiger charge is -2.47. The molecule has 3 aliphatic heterocycles. The maximum Gasteiger partial charge on any atom is 0.321 e. The standard InChI is InChI=1S/C47H87N3O6/c1-16-19-28-48-42(4,5)25-22-35(32-45(48,10)11)54-39(51)31-38(40(52)55-36-23-26-43(6,7)49(29-20-17-2)46(12,13)33-36)41(53)56-37-24-27-44(8,9)50(30-21-18-3)47(14,15)34-37/h35-38H,16-34H2,1-15H3. The van der Waals surface area contributed by atoms with Crippen molar-refractivity contribution in [3.8, 4) is 0 Å². The Labute approximate surface area is 344 Å². The number of unbranched alkanes of at least 4 members (excludes halogenated alkanes) is 3. The van der Waals surface area contributed by atoms with Crippen LogP contribution < -0.4 is 0 Å². The molecule has 0 spiro atoms. The molecule has 0 N–H and O–H groups in total. The van der Waals surface area contributed by atoms with Gasteiger partial charge in [-0.2, -0.15) is 0 Å². The molecule has 0 aromatic heterocycles. The van der Waals surface area contributed by atoms with E-state index in [1.54, 1.807) is 0 Å². The summed E-state index contributed by atoms with van der Waals surface area (Å²) < 4.78 is 18.9. The van der Waals surface area contributed by atoms with Crippen LogP contribution in [0.1, 0.15) is 207 Å². The maximum atomic E-state index is 14.4. The van der Waals surface area contributed by atoms with Gasteiger partial charge >= 0.3 is 17.9 Å². The van der Waals surface area contributed by atoms with Crippen LogP contribution in [0.25, 0.3) is 0 Å². The average molecular weight is 790 g/mol. The summed E-state index contributed by atoms with van der Waals surface area (Å²) in [6, 6.07) is 0. The Morgan fingerprint density at radius 2 is 0.768 bits per heavy atom. The van der Waals surface area contributed by atoms with Gasteiger partial charge in [-0.3, -0.25) is 29.1 Å². The van der Waals surface area contributed by atoms with Crippen LogP contribution in [0, 0.1) is 5.92 Å². The van der Waals surface area contributed by atoms with Gasteiger partial charge in [0.15, 0.2) is 5.92 Å². The molecule has 3 atom stereocenters. The zero-order valence-corrected chi connectivity index (χ0v) is 39.0. The van der Waals surface area contributed by atoms with Gasteiger partial charge in [-0.25, -0.2) is 0 Å².